The lowest BCUT2D eigenvalue weighted by Crippen LogP contribution is -2.19. The molecule has 2 rings (SSSR count). The standard InChI is InChI=1S/C10H13F3N2O.C3H6/c1-16-5-4-14-7-9-3-2-8(6-15-9)10(11,12)13;1-2-3-1/h2-3,6,14H,4-5,7H2,1H3;1-3H2. The van der Waals surface area contributed by atoms with Crippen molar-refractivity contribution in [2.45, 2.75) is 32.0 Å². The van der Waals surface area contributed by atoms with E-state index in [2.05, 4.69) is 10.3 Å². The van der Waals surface area contributed by atoms with Gasteiger partial charge in [-0.25, -0.2) is 0 Å². The molecule has 1 aromatic rings. The molecule has 0 amide bonds. The fourth-order valence-corrected chi connectivity index (χ4v) is 1.09. The highest BCUT2D eigenvalue weighted by Gasteiger charge is 2.30. The van der Waals surface area contributed by atoms with Crippen LogP contribution in [0.15, 0.2) is 18.3 Å². The summed E-state index contributed by atoms with van der Waals surface area (Å²) in [4.78, 5) is 3.72. The van der Waals surface area contributed by atoms with E-state index in [1.807, 2.05) is 0 Å². The van der Waals surface area contributed by atoms with Crippen LogP contribution < -0.4 is 5.32 Å². The van der Waals surface area contributed by atoms with Crippen molar-refractivity contribution in [1.82, 2.24) is 10.3 Å². The molecule has 0 aromatic carbocycles. The topological polar surface area (TPSA) is 34.1 Å². The van der Waals surface area contributed by atoms with Gasteiger partial charge >= 0.3 is 6.18 Å². The van der Waals surface area contributed by atoms with Crippen LogP contribution in [0.25, 0.3) is 0 Å². The van der Waals surface area contributed by atoms with Crippen LogP contribution in [-0.4, -0.2) is 25.2 Å². The minimum absolute atomic E-state index is 0.432. The van der Waals surface area contributed by atoms with E-state index >= 15 is 0 Å². The Morgan fingerprint density at radius 3 is 2.37 bits per heavy atom. The molecule has 3 nitrogen and oxygen atoms in total. The first-order valence-electron chi connectivity index (χ1n) is 6.26. The van der Waals surface area contributed by atoms with Crippen molar-refractivity contribution in [2.75, 3.05) is 20.3 Å². The molecule has 1 aromatic heterocycles. The first-order valence-corrected chi connectivity index (χ1v) is 6.26. The van der Waals surface area contributed by atoms with Crippen LogP contribution in [0.1, 0.15) is 30.5 Å². The number of pyridine rings is 1. The van der Waals surface area contributed by atoms with Gasteiger partial charge in [-0.05, 0) is 12.1 Å². The van der Waals surface area contributed by atoms with E-state index in [0.29, 0.717) is 25.4 Å². The zero-order chi connectivity index (χ0) is 14.1. The van der Waals surface area contributed by atoms with Gasteiger partial charge in [-0.15, -0.1) is 0 Å². The summed E-state index contributed by atoms with van der Waals surface area (Å²) in [6.07, 6.45) is 1.02. The summed E-state index contributed by atoms with van der Waals surface area (Å²) in [5.74, 6) is 0. The highest BCUT2D eigenvalue weighted by atomic mass is 19.4. The van der Waals surface area contributed by atoms with Gasteiger partial charge in [0.2, 0.25) is 0 Å². The third-order valence-corrected chi connectivity index (χ3v) is 2.29. The molecule has 0 saturated heterocycles. The maximum atomic E-state index is 12.2. The van der Waals surface area contributed by atoms with Crippen molar-refractivity contribution in [3.63, 3.8) is 0 Å². The van der Waals surface area contributed by atoms with E-state index in [-0.39, 0.29) is 0 Å². The van der Waals surface area contributed by atoms with Gasteiger partial charge < -0.3 is 10.1 Å². The van der Waals surface area contributed by atoms with E-state index in [9.17, 15) is 13.2 Å². The minimum atomic E-state index is -4.32. The number of ether oxygens (including phenoxy) is 1. The number of hydrogen-bond acceptors (Lipinski definition) is 3. The van der Waals surface area contributed by atoms with E-state index < -0.39 is 11.7 Å². The minimum Gasteiger partial charge on any atom is -0.383 e. The van der Waals surface area contributed by atoms with Crippen molar-refractivity contribution >= 4 is 0 Å². The van der Waals surface area contributed by atoms with Gasteiger partial charge in [0.25, 0.3) is 0 Å². The Morgan fingerprint density at radius 1 is 1.26 bits per heavy atom. The van der Waals surface area contributed by atoms with E-state index in [4.69, 9.17) is 4.74 Å². The second kappa shape index (κ2) is 8.12. The Bertz CT molecular complexity index is 347. The largest absolute Gasteiger partial charge is 0.417 e. The monoisotopic (exact) mass is 276 g/mol. The number of aromatic nitrogens is 1. The third-order valence-electron chi connectivity index (χ3n) is 2.29. The molecule has 0 unspecified atom stereocenters. The number of alkyl halides is 3. The SMILES string of the molecule is C1CC1.COCCNCc1ccc(C(F)(F)F)cn1. The first kappa shape index (κ1) is 15.9. The van der Waals surface area contributed by atoms with Gasteiger partial charge in [-0.2, -0.15) is 13.2 Å². The normalized spacial score (nSPS) is 13.7. The number of halogens is 3. The van der Waals surface area contributed by atoms with Crippen molar-refractivity contribution in [2.24, 2.45) is 0 Å². The maximum Gasteiger partial charge on any atom is 0.417 e. The van der Waals surface area contributed by atoms with Crippen molar-refractivity contribution < 1.29 is 17.9 Å². The molecule has 0 atom stereocenters. The summed E-state index contributed by atoms with van der Waals surface area (Å²) >= 11 is 0. The number of nitrogens with zero attached hydrogens (tertiary/aromatic N) is 1. The summed E-state index contributed by atoms with van der Waals surface area (Å²) in [6, 6.07) is 2.39. The molecule has 0 radical (unpaired) electrons. The van der Waals surface area contributed by atoms with Crippen LogP contribution in [-0.2, 0) is 17.5 Å². The molecule has 1 heterocycles. The number of methoxy groups -OCH3 is 1. The Hall–Kier alpha value is -1.14. The van der Waals surface area contributed by atoms with Crippen LogP contribution >= 0.6 is 0 Å². The quantitative estimate of drug-likeness (QED) is 0.839. The van der Waals surface area contributed by atoms with Crippen molar-refractivity contribution in [3.8, 4) is 0 Å². The Labute approximate surface area is 111 Å². The summed E-state index contributed by atoms with van der Waals surface area (Å²) in [5.41, 5.74) is -0.155. The zero-order valence-corrected chi connectivity index (χ0v) is 11.0. The molecule has 0 aliphatic heterocycles. The second-order valence-electron chi connectivity index (χ2n) is 4.27. The van der Waals surface area contributed by atoms with Gasteiger partial charge in [0.05, 0.1) is 17.9 Å². The average molecular weight is 276 g/mol. The molecule has 1 N–H and O–H groups in total. The second-order valence-corrected chi connectivity index (χ2v) is 4.27. The van der Waals surface area contributed by atoms with Gasteiger partial charge in [0, 0.05) is 26.4 Å². The highest BCUT2D eigenvalue weighted by Crippen LogP contribution is 2.28. The van der Waals surface area contributed by atoms with Crippen molar-refractivity contribution in [1.29, 1.82) is 0 Å². The maximum absolute atomic E-state index is 12.2. The van der Waals surface area contributed by atoms with Crippen LogP contribution in [0.5, 0.6) is 0 Å². The lowest BCUT2D eigenvalue weighted by atomic mass is 10.2. The molecule has 108 valence electrons. The molecule has 1 saturated carbocycles. The Kier molecular flexibility index (Phi) is 6.80. The first-order chi connectivity index (χ1) is 9.04. The van der Waals surface area contributed by atoms with Gasteiger partial charge in [0.15, 0.2) is 0 Å². The molecule has 1 aliphatic carbocycles. The lowest BCUT2D eigenvalue weighted by molar-refractivity contribution is -0.137. The fourth-order valence-electron chi connectivity index (χ4n) is 1.09. The van der Waals surface area contributed by atoms with Gasteiger partial charge in [-0.1, -0.05) is 19.3 Å². The number of nitrogens with one attached hydrogen (secondary N) is 1. The molecule has 19 heavy (non-hydrogen) atoms. The van der Waals surface area contributed by atoms with E-state index in [1.54, 1.807) is 7.11 Å². The lowest BCUT2D eigenvalue weighted by Gasteiger charge is -2.07. The molecule has 0 bridgehead atoms. The van der Waals surface area contributed by atoms with E-state index in [1.165, 1.54) is 25.3 Å². The molecule has 1 aliphatic rings. The fraction of sp³-hybridized carbons (Fsp3) is 0.615. The predicted octanol–water partition coefficient (Wildman–Crippen LogP) is 3.01. The van der Waals surface area contributed by atoms with E-state index in [0.717, 1.165) is 12.3 Å². The molecule has 0 spiro atoms. The van der Waals surface area contributed by atoms with Crippen molar-refractivity contribution in [3.05, 3.63) is 29.6 Å². The third kappa shape index (κ3) is 7.79. The average Bonchev–Trinajstić information content (AvgIpc) is 3.22. The molecule has 6 heteroatoms. The van der Waals surface area contributed by atoms with Gasteiger partial charge in [-0.3, -0.25) is 4.98 Å². The summed E-state index contributed by atoms with van der Waals surface area (Å²) in [5, 5.41) is 2.99. The number of rotatable bonds is 5. The highest BCUT2D eigenvalue weighted by molar-refractivity contribution is 5.16. The van der Waals surface area contributed by atoms with Crippen LogP contribution in [0.3, 0.4) is 0 Å². The summed E-state index contributed by atoms with van der Waals surface area (Å²) in [7, 11) is 1.58. The number of hydrogen-bond donors (Lipinski definition) is 1. The Balaban J connectivity index is 0.000000524. The van der Waals surface area contributed by atoms with Gasteiger partial charge in [0.1, 0.15) is 0 Å². The van der Waals surface area contributed by atoms with Crippen LogP contribution in [0.2, 0.25) is 0 Å². The summed E-state index contributed by atoms with van der Waals surface area (Å²) < 4.78 is 41.4. The van der Waals surface area contributed by atoms with Crippen LogP contribution in [0.4, 0.5) is 13.2 Å². The smallest absolute Gasteiger partial charge is 0.383 e. The zero-order valence-electron chi connectivity index (χ0n) is 11.0. The molecular formula is C13H19F3N2O. The summed E-state index contributed by atoms with van der Waals surface area (Å²) in [6.45, 7) is 1.63. The Morgan fingerprint density at radius 2 is 1.95 bits per heavy atom. The predicted molar refractivity (Wildman–Crippen MR) is 66.7 cm³/mol. The molecular weight excluding hydrogens is 257 g/mol. The van der Waals surface area contributed by atoms with Crippen LogP contribution in [0, 0.1) is 0 Å². The molecule has 1 fully saturated rings.